The number of hydrogen-bond acceptors (Lipinski definition) is 1. The second-order valence-electron chi connectivity index (χ2n) is 11.3. The second kappa shape index (κ2) is 8.37. The van der Waals surface area contributed by atoms with E-state index in [2.05, 4.69) is 155 Å². The van der Waals surface area contributed by atoms with Crippen LogP contribution < -0.4 is 0 Å². The third kappa shape index (κ3) is 2.98. The van der Waals surface area contributed by atoms with Crippen LogP contribution in [-0.2, 0) is 0 Å². The highest BCUT2D eigenvalue weighted by Crippen LogP contribution is 2.45. The highest BCUT2D eigenvalue weighted by Gasteiger charge is 2.22. The predicted octanol–water partition coefficient (Wildman–Crippen LogP) is 10.9. The van der Waals surface area contributed by atoms with Crippen LogP contribution in [0.25, 0.3) is 87.7 Å². The molecule has 0 amide bonds. The summed E-state index contributed by atoms with van der Waals surface area (Å²) in [7, 11) is 0. The van der Waals surface area contributed by atoms with Gasteiger partial charge in [0, 0.05) is 32.6 Å². The Morgan fingerprint density at radius 3 is 1.58 bits per heavy atom. The van der Waals surface area contributed by atoms with Crippen LogP contribution in [0.5, 0.6) is 0 Å². The van der Waals surface area contributed by atoms with Gasteiger partial charge >= 0.3 is 0 Å². The average molecular weight is 549 g/mol. The fourth-order valence-electron chi connectivity index (χ4n) is 7.31. The molecule has 43 heavy (non-hydrogen) atoms. The Morgan fingerprint density at radius 1 is 0.349 bits per heavy atom. The third-order valence-corrected chi connectivity index (χ3v) is 9.10. The summed E-state index contributed by atoms with van der Waals surface area (Å²) in [6, 6.07) is 52.1. The minimum atomic E-state index is 0.937. The van der Waals surface area contributed by atoms with Crippen LogP contribution >= 0.6 is 0 Å². The van der Waals surface area contributed by atoms with Gasteiger partial charge in [0.15, 0.2) is 0 Å². The SMILES string of the molecule is c1ccc(-n2c3ccccc3c3c4oc5c(ccc6c5c5ccccc5n6-c5cccc6ccccc56)c4ccc32)cc1. The zero-order valence-corrected chi connectivity index (χ0v) is 23.2. The van der Waals surface area contributed by atoms with Crippen molar-refractivity contribution in [3.63, 3.8) is 0 Å². The molecule has 200 valence electrons. The number of para-hydroxylation sites is 3. The number of hydrogen-bond donors (Lipinski definition) is 0. The van der Waals surface area contributed by atoms with Crippen LogP contribution in [0, 0.1) is 0 Å². The second-order valence-corrected chi connectivity index (χ2v) is 11.3. The van der Waals surface area contributed by atoms with Crippen molar-refractivity contribution < 1.29 is 4.42 Å². The maximum absolute atomic E-state index is 7.05. The van der Waals surface area contributed by atoms with E-state index in [-0.39, 0.29) is 0 Å². The van der Waals surface area contributed by atoms with Crippen LogP contribution in [0.3, 0.4) is 0 Å². The molecule has 0 fully saturated rings. The molecule has 3 aromatic heterocycles. The van der Waals surface area contributed by atoms with Gasteiger partial charge in [0.1, 0.15) is 11.2 Å². The van der Waals surface area contributed by atoms with Crippen LogP contribution in [0.1, 0.15) is 0 Å². The van der Waals surface area contributed by atoms with Crippen molar-refractivity contribution in [3.05, 3.63) is 146 Å². The van der Waals surface area contributed by atoms with Crippen LogP contribution in [-0.4, -0.2) is 9.13 Å². The molecule has 0 aliphatic heterocycles. The van der Waals surface area contributed by atoms with Crippen molar-refractivity contribution in [3.8, 4) is 11.4 Å². The lowest BCUT2D eigenvalue weighted by molar-refractivity contribution is 0.677. The van der Waals surface area contributed by atoms with Crippen LogP contribution in [0.4, 0.5) is 0 Å². The monoisotopic (exact) mass is 548 g/mol. The average Bonchev–Trinajstić information content (AvgIpc) is 3.72. The van der Waals surface area contributed by atoms with Gasteiger partial charge in [-0.15, -0.1) is 0 Å². The molecule has 0 atom stereocenters. The summed E-state index contributed by atoms with van der Waals surface area (Å²) < 4.78 is 11.8. The first-order chi connectivity index (χ1) is 21.4. The van der Waals surface area contributed by atoms with Gasteiger partial charge in [-0.3, -0.25) is 0 Å². The topological polar surface area (TPSA) is 23.0 Å². The summed E-state index contributed by atoms with van der Waals surface area (Å²) in [6.07, 6.45) is 0. The molecule has 3 nitrogen and oxygen atoms in total. The van der Waals surface area contributed by atoms with Crippen molar-refractivity contribution in [2.45, 2.75) is 0 Å². The van der Waals surface area contributed by atoms with Gasteiger partial charge in [0.2, 0.25) is 0 Å². The van der Waals surface area contributed by atoms with Crippen molar-refractivity contribution in [2.75, 3.05) is 0 Å². The highest BCUT2D eigenvalue weighted by atomic mass is 16.3. The van der Waals surface area contributed by atoms with E-state index >= 15 is 0 Å². The van der Waals surface area contributed by atoms with Gasteiger partial charge in [-0.1, -0.05) is 91.0 Å². The summed E-state index contributed by atoms with van der Waals surface area (Å²) >= 11 is 0. The number of nitrogens with zero attached hydrogens (tertiary/aromatic N) is 2. The van der Waals surface area contributed by atoms with Crippen molar-refractivity contribution in [2.24, 2.45) is 0 Å². The van der Waals surface area contributed by atoms with E-state index in [1.807, 2.05) is 0 Å². The first kappa shape index (κ1) is 22.8. The Labute approximate surface area is 246 Å². The van der Waals surface area contributed by atoms with E-state index in [4.69, 9.17) is 4.42 Å². The number of aromatic nitrogens is 2. The summed E-state index contributed by atoms with van der Waals surface area (Å²) in [5.41, 5.74) is 8.83. The summed E-state index contributed by atoms with van der Waals surface area (Å²) in [6.45, 7) is 0. The van der Waals surface area contributed by atoms with E-state index in [9.17, 15) is 0 Å². The normalized spacial score (nSPS) is 12.2. The fourth-order valence-corrected chi connectivity index (χ4v) is 7.31. The maximum atomic E-state index is 7.05. The van der Waals surface area contributed by atoms with Crippen molar-refractivity contribution in [1.82, 2.24) is 9.13 Å². The van der Waals surface area contributed by atoms with E-state index < -0.39 is 0 Å². The standard InChI is InChI=1S/C40H24N2O/c1-2-13-26(14-3-1)41-33-18-8-6-16-30(33)37-35(41)23-21-28-29-22-24-36-38(40(29)43-39(28)37)31-17-7-9-19-34(31)42(36)32-20-10-12-25-11-4-5-15-27(25)32/h1-24H. The quantitative estimate of drug-likeness (QED) is 0.211. The maximum Gasteiger partial charge on any atom is 0.145 e. The molecular formula is C40H24N2O. The lowest BCUT2D eigenvalue weighted by atomic mass is 10.1. The molecule has 0 spiro atoms. The van der Waals surface area contributed by atoms with Gasteiger partial charge < -0.3 is 13.6 Å². The number of benzene rings is 7. The van der Waals surface area contributed by atoms with Crippen molar-refractivity contribution >= 4 is 76.3 Å². The molecule has 0 aliphatic carbocycles. The van der Waals surface area contributed by atoms with Crippen LogP contribution in [0.15, 0.2) is 150 Å². The molecule has 0 N–H and O–H groups in total. The number of fused-ring (bicyclic) bond motifs is 12. The minimum absolute atomic E-state index is 0.937. The van der Waals surface area contributed by atoms with E-state index in [0.29, 0.717) is 0 Å². The summed E-state index contributed by atoms with van der Waals surface area (Å²) in [5, 5.41) is 9.43. The predicted molar refractivity (Wildman–Crippen MR) is 180 cm³/mol. The van der Waals surface area contributed by atoms with Gasteiger partial charge in [-0.05, 0) is 60.0 Å². The Kier molecular flexibility index (Phi) is 4.45. The Morgan fingerprint density at radius 2 is 0.884 bits per heavy atom. The molecule has 0 unspecified atom stereocenters. The van der Waals surface area contributed by atoms with Gasteiger partial charge in [0.25, 0.3) is 0 Å². The number of rotatable bonds is 2. The lowest BCUT2D eigenvalue weighted by Crippen LogP contribution is -1.94. The Hall–Kier alpha value is -5.80. The fraction of sp³-hybridized carbons (Fsp3) is 0. The van der Waals surface area contributed by atoms with Gasteiger partial charge in [-0.2, -0.15) is 0 Å². The zero-order chi connectivity index (χ0) is 28.1. The molecule has 3 heterocycles. The van der Waals surface area contributed by atoms with Crippen LogP contribution in [0.2, 0.25) is 0 Å². The smallest absolute Gasteiger partial charge is 0.145 e. The first-order valence-electron chi connectivity index (χ1n) is 14.7. The van der Waals surface area contributed by atoms with E-state index in [0.717, 1.165) is 49.4 Å². The summed E-state index contributed by atoms with van der Waals surface area (Å²) in [4.78, 5) is 0. The summed E-state index contributed by atoms with van der Waals surface area (Å²) in [5.74, 6) is 0. The largest absolute Gasteiger partial charge is 0.455 e. The highest BCUT2D eigenvalue weighted by molar-refractivity contribution is 6.29. The number of furan rings is 1. The zero-order valence-electron chi connectivity index (χ0n) is 23.2. The molecule has 3 heteroatoms. The molecule has 7 aromatic carbocycles. The molecule has 10 aromatic rings. The van der Waals surface area contributed by atoms with Gasteiger partial charge in [-0.25, -0.2) is 0 Å². The third-order valence-electron chi connectivity index (χ3n) is 9.10. The molecule has 0 bridgehead atoms. The molecule has 0 radical (unpaired) electrons. The molecule has 0 saturated carbocycles. The van der Waals surface area contributed by atoms with Gasteiger partial charge in [0.05, 0.1) is 38.5 Å². The Bertz CT molecular complexity index is 2720. The molecular weight excluding hydrogens is 524 g/mol. The minimum Gasteiger partial charge on any atom is -0.455 e. The van der Waals surface area contributed by atoms with E-state index in [1.165, 1.54) is 38.3 Å². The molecule has 10 rings (SSSR count). The molecule has 0 saturated heterocycles. The van der Waals surface area contributed by atoms with Crippen molar-refractivity contribution in [1.29, 1.82) is 0 Å². The lowest BCUT2D eigenvalue weighted by Gasteiger charge is -2.11. The Balaban J connectivity index is 1.37. The van der Waals surface area contributed by atoms with E-state index in [1.54, 1.807) is 0 Å². The first-order valence-corrected chi connectivity index (χ1v) is 14.7. The molecule has 0 aliphatic rings.